The van der Waals surface area contributed by atoms with Gasteiger partial charge in [-0.15, -0.1) is 0 Å². The van der Waals surface area contributed by atoms with Gasteiger partial charge in [0.2, 0.25) is 0 Å². The van der Waals surface area contributed by atoms with E-state index >= 15 is 0 Å². The summed E-state index contributed by atoms with van der Waals surface area (Å²) in [5.74, 6) is 0. The second kappa shape index (κ2) is 5.34. The van der Waals surface area contributed by atoms with E-state index in [1.54, 1.807) is 0 Å². The summed E-state index contributed by atoms with van der Waals surface area (Å²) in [7, 11) is 0. The summed E-state index contributed by atoms with van der Waals surface area (Å²) in [5, 5.41) is 0.815. The maximum atomic E-state index is 6.74. The standard InChI is InChI=1S/C25H14BrCl/c26-15-12-13-18-22(14-15)25(21-10-5-11-23(27)24(18)21)19-8-3-1-6-16(19)17-7-2-4-9-20(17)25/h1-14H. The Bertz CT molecular complexity index is 1210. The van der Waals surface area contributed by atoms with Gasteiger partial charge in [0, 0.05) is 15.1 Å². The van der Waals surface area contributed by atoms with Gasteiger partial charge in [0.1, 0.15) is 0 Å². The average molecular weight is 430 g/mol. The molecular weight excluding hydrogens is 416 g/mol. The largest absolute Gasteiger partial charge is 0.0837 e. The molecular formula is C25H14BrCl. The maximum absolute atomic E-state index is 6.74. The first kappa shape index (κ1) is 15.7. The van der Waals surface area contributed by atoms with Crippen LogP contribution in [0.3, 0.4) is 0 Å². The summed E-state index contributed by atoms with van der Waals surface area (Å²) in [6.07, 6.45) is 0. The lowest BCUT2D eigenvalue weighted by atomic mass is 9.70. The van der Waals surface area contributed by atoms with Gasteiger partial charge in [-0.25, -0.2) is 0 Å². The highest BCUT2D eigenvalue weighted by Gasteiger charge is 2.51. The molecule has 4 aromatic carbocycles. The zero-order chi connectivity index (χ0) is 18.2. The van der Waals surface area contributed by atoms with Gasteiger partial charge in [0.25, 0.3) is 0 Å². The molecule has 6 rings (SSSR count). The van der Waals surface area contributed by atoms with Crippen LogP contribution in [0.1, 0.15) is 22.3 Å². The van der Waals surface area contributed by atoms with Crippen molar-refractivity contribution >= 4 is 27.5 Å². The monoisotopic (exact) mass is 428 g/mol. The van der Waals surface area contributed by atoms with Gasteiger partial charge < -0.3 is 0 Å². The summed E-state index contributed by atoms with van der Waals surface area (Å²) >= 11 is 10.4. The molecule has 0 bridgehead atoms. The summed E-state index contributed by atoms with van der Waals surface area (Å²) in [5.41, 5.74) is 9.96. The van der Waals surface area contributed by atoms with Gasteiger partial charge in [-0.2, -0.15) is 0 Å². The lowest BCUT2D eigenvalue weighted by Crippen LogP contribution is -2.25. The Morgan fingerprint density at radius 1 is 0.593 bits per heavy atom. The minimum Gasteiger partial charge on any atom is -0.0837 e. The van der Waals surface area contributed by atoms with E-state index in [-0.39, 0.29) is 5.41 Å². The molecule has 1 spiro atoms. The maximum Gasteiger partial charge on any atom is 0.0726 e. The molecule has 0 nitrogen and oxygen atoms in total. The second-order valence-corrected chi connectivity index (χ2v) is 8.52. The number of hydrogen-bond acceptors (Lipinski definition) is 0. The van der Waals surface area contributed by atoms with Gasteiger partial charge in [-0.3, -0.25) is 0 Å². The predicted octanol–water partition coefficient (Wildman–Crippen LogP) is 7.45. The van der Waals surface area contributed by atoms with Crippen molar-refractivity contribution < 1.29 is 0 Å². The van der Waals surface area contributed by atoms with Crippen LogP contribution >= 0.6 is 27.5 Å². The highest BCUT2D eigenvalue weighted by atomic mass is 79.9. The third-order valence-electron chi connectivity index (χ3n) is 6.02. The number of fused-ring (bicyclic) bond motifs is 10. The first-order chi connectivity index (χ1) is 13.2. The van der Waals surface area contributed by atoms with Crippen LogP contribution in [0.5, 0.6) is 0 Å². The Morgan fingerprint density at radius 3 is 1.93 bits per heavy atom. The normalized spacial score (nSPS) is 14.6. The smallest absolute Gasteiger partial charge is 0.0726 e. The number of rotatable bonds is 0. The van der Waals surface area contributed by atoms with E-state index in [0.29, 0.717) is 0 Å². The predicted molar refractivity (Wildman–Crippen MR) is 115 cm³/mol. The third kappa shape index (κ3) is 1.79. The molecule has 0 unspecified atom stereocenters. The van der Waals surface area contributed by atoms with E-state index in [9.17, 15) is 0 Å². The molecule has 0 aromatic heterocycles. The van der Waals surface area contributed by atoms with E-state index in [0.717, 1.165) is 15.1 Å². The fourth-order valence-corrected chi connectivity index (χ4v) is 5.75. The highest BCUT2D eigenvalue weighted by Crippen LogP contribution is 2.63. The van der Waals surface area contributed by atoms with Crippen molar-refractivity contribution in [3.63, 3.8) is 0 Å². The number of halogens is 2. The quantitative estimate of drug-likeness (QED) is 0.235. The van der Waals surface area contributed by atoms with E-state index in [2.05, 4.69) is 94.8 Å². The van der Waals surface area contributed by atoms with Crippen molar-refractivity contribution in [3.05, 3.63) is 117 Å². The summed E-state index contributed by atoms with van der Waals surface area (Å²) in [6, 6.07) is 30.5. The Morgan fingerprint density at radius 2 is 1.22 bits per heavy atom. The van der Waals surface area contributed by atoms with Gasteiger partial charge in [0.15, 0.2) is 0 Å². The number of hydrogen-bond donors (Lipinski definition) is 0. The van der Waals surface area contributed by atoms with Crippen LogP contribution in [0.25, 0.3) is 22.3 Å². The molecule has 0 fully saturated rings. The molecule has 2 aliphatic rings. The van der Waals surface area contributed by atoms with Crippen molar-refractivity contribution in [2.24, 2.45) is 0 Å². The molecule has 2 heteroatoms. The molecule has 0 saturated carbocycles. The van der Waals surface area contributed by atoms with E-state index in [1.165, 1.54) is 38.9 Å². The zero-order valence-electron chi connectivity index (χ0n) is 14.3. The zero-order valence-corrected chi connectivity index (χ0v) is 16.7. The Kier molecular flexibility index (Phi) is 3.10. The summed E-state index contributed by atoms with van der Waals surface area (Å²) < 4.78 is 1.09. The van der Waals surface area contributed by atoms with Gasteiger partial charge >= 0.3 is 0 Å². The van der Waals surface area contributed by atoms with Crippen LogP contribution in [0.15, 0.2) is 89.4 Å². The van der Waals surface area contributed by atoms with Gasteiger partial charge in [0.05, 0.1) is 5.41 Å². The molecule has 2 aliphatic carbocycles. The Hall–Kier alpha value is -2.35. The first-order valence-corrected chi connectivity index (χ1v) is 10.2. The lowest BCUT2D eigenvalue weighted by molar-refractivity contribution is 0.793. The van der Waals surface area contributed by atoms with Crippen LogP contribution in [-0.4, -0.2) is 0 Å². The molecule has 4 aromatic rings. The van der Waals surface area contributed by atoms with Crippen molar-refractivity contribution in [1.82, 2.24) is 0 Å². The average Bonchev–Trinajstić information content (AvgIpc) is 3.16. The summed E-state index contributed by atoms with van der Waals surface area (Å²) in [4.78, 5) is 0. The molecule has 0 heterocycles. The Labute approximate surface area is 171 Å². The van der Waals surface area contributed by atoms with Crippen molar-refractivity contribution in [2.45, 2.75) is 5.41 Å². The fraction of sp³-hybridized carbons (Fsp3) is 0.0400. The minimum absolute atomic E-state index is 0.313. The van der Waals surface area contributed by atoms with Crippen LogP contribution < -0.4 is 0 Å². The van der Waals surface area contributed by atoms with Gasteiger partial charge in [-0.1, -0.05) is 94.3 Å². The molecule has 27 heavy (non-hydrogen) atoms. The molecule has 0 amide bonds. The summed E-state index contributed by atoms with van der Waals surface area (Å²) in [6.45, 7) is 0. The number of benzene rings is 4. The fourth-order valence-electron chi connectivity index (χ4n) is 5.12. The Balaban J connectivity index is 1.89. The first-order valence-electron chi connectivity index (χ1n) is 9.01. The molecule has 0 saturated heterocycles. The van der Waals surface area contributed by atoms with Crippen molar-refractivity contribution in [2.75, 3.05) is 0 Å². The van der Waals surface area contributed by atoms with Gasteiger partial charge in [-0.05, 0) is 57.1 Å². The van der Waals surface area contributed by atoms with E-state index < -0.39 is 0 Å². The molecule has 128 valence electrons. The molecule has 0 aliphatic heterocycles. The molecule has 0 atom stereocenters. The lowest BCUT2D eigenvalue weighted by Gasteiger charge is -2.30. The molecule has 0 radical (unpaired) electrons. The van der Waals surface area contributed by atoms with Crippen LogP contribution in [0.4, 0.5) is 0 Å². The minimum atomic E-state index is -0.313. The van der Waals surface area contributed by atoms with E-state index in [4.69, 9.17) is 11.6 Å². The topological polar surface area (TPSA) is 0 Å². The third-order valence-corrected chi connectivity index (χ3v) is 6.83. The van der Waals surface area contributed by atoms with Crippen LogP contribution in [-0.2, 0) is 5.41 Å². The van der Waals surface area contributed by atoms with Crippen molar-refractivity contribution in [3.8, 4) is 22.3 Å². The van der Waals surface area contributed by atoms with Crippen LogP contribution in [0, 0.1) is 0 Å². The van der Waals surface area contributed by atoms with Crippen LogP contribution in [0.2, 0.25) is 5.02 Å². The second-order valence-electron chi connectivity index (χ2n) is 7.19. The van der Waals surface area contributed by atoms with E-state index in [1.807, 2.05) is 6.07 Å². The highest BCUT2D eigenvalue weighted by molar-refractivity contribution is 9.10. The molecule has 0 N–H and O–H groups in total. The SMILES string of the molecule is Clc1cccc2c1-c1ccc(Br)cc1C21c2ccccc2-c2ccccc21. The van der Waals surface area contributed by atoms with Crippen molar-refractivity contribution in [1.29, 1.82) is 0 Å².